The summed E-state index contributed by atoms with van der Waals surface area (Å²) in [6, 6.07) is 31.2. The largest absolute Gasteiger partial charge is 0.497 e. The number of allylic oxidation sites excluding steroid dienone is 1. The highest BCUT2D eigenvalue weighted by Gasteiger charge is 2.23. The number of nitrogens with zero attached hydrogens (tertiary/aromatic N) is 3. The fraction of sp³-hybridized carbons (Fsp3) is 0.386. The molecule has 1 amide bonds. The Bertz CT molecular complexity index is 2010. The van der Waals surface area contributed by atoms with Crippen LogP contribution in [0, 0.1) is 6.92 Å². The zero-order valence-corrected chi connectivity index (χ0v) is 34.2. The second kappa shape index (κ2) is 19.0. The van der Waals surface area contributed by atoms with E-state index in [1.165, 1.54) is 28.9 Å². The van der Waals surface area contributed by atoms with Crippen molar-refractivity contribution >= 4 is 44.6 Å². The summed E-state index contributed by atoms with van der Waals surface area (Å²) in [5.74, 6) is 1.11. The number of amides is 1. The Labute approximate surface area is 332 Å². The lowest BCUT2D eigenvalue weighted by molar-refractivity contribution is 0.0981. The van der Waals surface area contributed by atoms with Crippen LogP contribution in [0.2, 0.25) is 0 Å². The summed E-state index contributed by atoms with van der Waals surface area (Å²) in [4.78, 5) is 21.5. The number of sulfonamides is 1. The van der Waals surface area contributed by atoms with Crippen molar-refractivity contribution < 1.29 is 17.9 Å². The summed E-state index contributed by atoms with van der Waals surface area (Å²) in [6.45, 7) is 7.49. The van der Waals surface area contributed by atoms with E-state index in [2.05, 4.69) is 75.2 Å². The number of anilines is 2. The van der Waals surface area contributed by atoms with Crippen LogP contribution >= 0.6 is 11.8 Å². The number of carbonyl (C=O) groups excluding carboxylic acids is 1. The maximum Gasteiger partial charge on any atom is 0.264 e. The van der Waals surface area contributed by atoms with Crippen LogP contribution in [0.15, 0.2) is 112 Å². The Kier molecular flexibility index (Phi) is 14.0. The number of piperazine rings is 1. The van der Waals surface area contributed by atoms with E-state index in [1.807, 2.05) is 37.3 Å². The number of benzene rings is 4. The van der Waals surface area contributed by atoms with Gasteiger partial charge in [-0.3, -0.25) is 9.69 Å². The second-order valence-electron chi connectivity index (χ2n) is 14.8. The molecule has 9 nitrogen and oxygen atoms in total. The minimum Gasteiger partial charge on any atom is -0.497 e. The fourth-order valence-electron chi connectivity index (χ4n) is 7.29. The summed E-state index contributed by atoms with van der Waals surface area (Å²) < 4.78 is 34.4. The molecule has 0 unspecified atom stereocenters. The number of thioether (sulfide) groups is 1. The molecule has 0 saturated carbocycles. The number of methoxy groups -OCH3 is 1. The number of rotatable bonds is 16. The Morgan fingerprint density at radius 1 is 0.891 bits per heavy atom. The first-order chi connectivity index (χ1) is 26.6. The van der Waals surface area contributed by atoms with Gasteiger partial charge in [-0.05, 0) is 143 Å². The second-order valence-corrected chi connectivity index (χ2v) is 17.6. The first-order valence-electron chi connectivity index (χ1n) is 19.3. The number of nitrogens with one attached hydrogen (secondary N) is 2. The van der Waals surface area contributed by atoms with Gasteiger partial charge in [-0.15, -0.1) is 11.8 Å². The molecular formula is C44H55N5O4S2. The summed E-state index contributed by atoms with van der Waals surface area (Å²) >= 11 is 1.80. The number of ether oxygens (including phenoxy) is 1. The van der Waals surface area contributed by atoms with Crippen LogP contribution < -0.4 is 19.7 Å². The Balaban J connectivity index is 1.02. The van der Waals surface area contributed by atoms with Crippen LogP contribution in [0.3, 0.4) is 0 Å². The zero-order valence-electron chi connectivity index (χ0n) is 32.6. The lowest BCUT2D eigenvalue weighted by atomic mass is 9.87. The molecule has 4 aromatic rings. The van der Waals surface area contributed by atoms with Crippen LogP contribution in [0.25, 0.3) is 5.57 Å². The maximum atomic E-state index is 13.4. The van der Waals surface area contributed by atoms with E-state index in [0.29, 0.717) is 5.56 Å². The van der Waals surface area contributed by atoms with Crippen molar-refractivity contribution in [3.05, 3.63) is 119 Å². The molecule has 2 N–H and O–H groups in total. The Morgan fingerprint density at radius 2 is 1.60 bits per heavy atom. The molecule has 1 aliphatic carbocycles. The van der Waals surface area contributed by atoms with Gasteiger partial charge in [0.05, 0.1) is 12.0 Å². The molecule has 6 rings (SSSR count). The first kappa shape index (κ1) is 40.4. The third kappa shape index (κ3) is 11.2. The highest BCUT2D eigenvalue weighted by Crippen LogP contribution is 2.34. The van der Waals surface area contributed by atoms with Gasteiger partial charge in [0.25, 0.3) is 15.9 Å². The topological polar surface area (TPSA) is 94.2 Å². The van der Waals surface area contributed by atoms with Gasteiger partial charge in [-0.25, -0.2) is 13.1 Å². The van der Waals surface area contributed by atoms with E-state index >= 15 is 0 Å². The molecule has 1 fully saturated rings. The normalized spacial score (nSPS) is 15.9. The van der Waals surface area contributed by atoms with Crippen molar-refractivity contribution in [2.24, 2.45) is 0 Å². The summed E-state index contributed by atoms with van der Waals surface area (Å²) in [7, 11) is 1.75. The molecule has 0 radical (unpaired) electrons. The molecule has 1 saturated heterocycles. The standard InChI is InChI=1S/C44H55N5O4S2/c1-33-30-41(22-23-43(33)45-37(24-25-47(2)3)32-54-40-11-6-5-7-12-40)55(51,52)46-44(50)35-14-18-38(19-15-35)49-28-26-48(27-29-49)31-36-10-8-9-13-42(36)34-16-20-39(53-4)21-17-34/h5-7,11-12,14-23,30,37,45H,8-10,13,24-29,31-32H2,1-4H3,(H,46,50)/t37-/m1/s1. The molecule has 2 aliphatic rings. The first-order valence-corrected chi connectivity index (χ1v) is 21.7. The highest BCUT2D eigenvalue weighted by molar-refractivity contribution is 7.99. The van der Waals surface area contributed by atoms with Crippen molar-refractivity contribution in [2.45, 2.75) is 54.9 Å². The quantitative estimate of drug-likeness (QED) is 0.111. The molecule has 0 aromatic heterocycles. The van der Waals surface area contributed by atoms with Crippen LogP contribution in [0.1, 0.15) is 53.6 Å². The summed E-state index contributed by atoms with van der Waals surface area (Å²) in [5, 5.41) is 3.64. The predicted octanol–water partition coefficient (Wildman–Crippen LogP) is 7.80. The van der Waals surface area contributed by atoms with Gasteiger partial charge in [0.1, 0.15) is 5.75 Å². The van der Waals surface area contributed by atoms with Crippen LogP contribution in [0.5, 0.6) is 5.75 Å². The maximum absolute atomic E-state index is 13.4. The third-order valence-electron chi connectivity index (χ3n) is 10.5. The molecule has 55 heavy (non-hydrogen) atoms. The van der Waals surface area contributed by atoms with Crippen molar-refractivity contribution in [2.75, 3.05) is 76.4 Å². The van der Waals surface area contributed by atoms with E-state index in [1.54, 1.807) is 54.8 Å². The van der Waals surface area contributed by atoms with Gasteiger partial charge < -0.3 is 19.9 Å². The van der Waals surface area contributed by atoms with Gasteiger partial charge in [0, 0.05) is 66.4 Å². The number of aryl methyl sites for hydroxylation is 1. The van der Waals surface area contributed by atoms with E-state index < -0.39 is 15.9 Å². The van der Waals surface area contributed by atoms with Crippen molar-refractivity contribution in [1.82, 2.24) is 14.5 Å². The molecule has 0 spiro atoms. The average molecular weight is 782 g/mol. The third-order valence-corrected chi connectivity index (χ3v) is 13.0. The Morgan fingerprint density at radius 3 is 2.27 bits per heavy atom. The van der Waals surface area contributed by atoms with Crippen molar-refractivity contribution in [3.63, 3.8) is 0 Å². The number of hydrogen-bond donors (Lipinski definition) is 2. The summed E-state index contributed by atoms with van der Waals surface area (Å²) in [6.07, 6.45) is 5.68. The summed E-state index contributed by atoms with van der Waals surface area (Å²) in [5.41, 5.74) is 7.35. The predicted molar refractivity (Wildman–Crippen MR) is 227 cm³/mol. The lowest BCUT2D eigenvalue weighted by Gasteiger charge is -2.37. The lowest BCUT2D eigenvalue weighted by Crippen LogP contribution is -2.47. The molecule has 0 bridgehead atoms. The fourth-order valence-corrected chi connectivity index (χ4v) is 9.34. The molecule has 1 heterocycles. The smallest absolute Gasteiger partial charge is 0.264 e. The molecule has 292 valence electrons. The molecule has 1 aliphatic heterocycles. The molecule has 11 heteroatoms. The van der Waals surface area contributed by atoms with E-state index in [0.717, 1.165) is 87.0 Å². The van der Waals surface area contributed by atoms with Gasteiger partial charge in [0.15, 0.2) is 0 Å². The average Bonchev–Trinajstić information content (AvgIpc) is 3.20. The van der Waals surface area contributed by atoms with Crippen LogP contribution in [-0.2, 0) is 10.0 Å². The van der Waals surface area contributed by atoms with E-state index in [9.17, 15) is 13.2 Å². The van der Waals surface area contributed by atoms with Crippen molar-refractivity contribution in [1.29, 1.82) is 0 Å². The molecular weight excluding hydrogens is 727 g/mol. The van der Waals surface area contributed by atoms with E-state index in [-0.39, 0.29) is 10.9 Å². The van der Waals surface area contributed by atoms with Gasteiger partial charge in [-0.2, -0.15) is 0 Å². The van der Waals surface area contributed by atoms with Gasteiger partial charge in [-0.1, -0.05) is 35.9 Å². The zero-order chi connectivity index (χ0) is 38.8. The number of hydrogen-bond acceptors (Lipinski definition) is 9. The van der Waals surface area contributed by atoms with Gasteiger partial charge >= 0.3 is 0 Å². The van der Waals surface area contributed by atoms with Crippen LogP contribution in [0.4, 0.5) is 11.4 Å². The van der Waals surface area contributed by atoms with E-state index in [4.69, 9.17) is 4.74 Å². The Hall–Kier alpha value is -4.29. The van der Waals surface area contributed by atoms with Crippen LogP contribution in [-0.4, -0.2) is 96.4 Å². The van der Waals surface area contributed by atoms with Gasteiger partial charge in [0.2, 0.25) is 0 Å². The number of carbonyl (C=O) groups is 1. The monoisotopic (exact) mass is 781 g/mol. The molecule has 1 atom stereocenters. The highest BCUT2D eigenvalue weighted by atomic mass is 32.2. The minimum absolute atomic E-state index is 0.0574. The SMILES string of the molecule is COc1ccc(C2=C(CN3CCN(c4ccc(C(=O)NS(=O)(=O)c5ccc(N[C@H](CCN(C)C)CSc6ccccc6)c(C)c5)cc4)CC3)CCCC2)cc1. The van der Waals surface area contributed by atoms with Crippen molar-refractivity contribution in [3.8, 4) is 5.75 Å². The molecule has 4 aromatic carbocycles. The minimum atomic E-state index is -4.08.